The quantitative estimate of drug-likeness (QED) is 0.732. The monoisotopic (exact) mass is 342 g/mol. The summed E-state index contributed by atoms with van der Waals surface area (Å²) in [5.41, 5.74) is 11.6. The summed E-state index contributed by atoms with van der Waals surface area (Å²) in [5, 5.41) is 12.8. The summed E-state index contributed by atoms with van der Waals surface area (Å²) in [5.74, 6) is 0.721. The standard InChI is InChI=1S/C17H22N6S/c1-10(2)23(24-5)16-8-13(7-6-11(16)3)15-9-14(18)17-20-19-12(4)22(17)21-15/h6-10H,18H2,1-5H3. The predicted molar refractivity (Wildman–Crippen MR) is 101 cm³/mol. The van der Waals surface area contributed by atoms with Crippen LogP contribution in [0.1, 0.15) is 25.2 Å². The summed E-state index contributed by atoms with van der Waals surface area (Å²) in [7, 11) is 0. The van der Waals surface area contributed by atoms with Gasteiger partial charge in [-0.05, 0) is 45.4 Å². The summed E-state index contributed by atoms with van der Waals surface area (Å²) >= 11 is 1.72. The molecule has 0 spiro atoms. The maximum absolute atomic E-state index is 6.13. The summed E-state index contributed by atoms with van der Waals surface area (Å²) in [6.07, 6.45) is 2.09. The van der Waals surface area contributed by atoms with Gasteiger partial charge >= 0.3 is 0 Å². The molecule has 0 fully saturated rings. The Balaban J connectivity index is 2.15. The molecule has 2 heterocycles. The van der Waals surface area contributed by atoms with E-state index in [4.69, 9.17) is 5.73 Å². The lowest BCUT2D eigenvalue weighted by atomic mass is 10.1. The molecule has 24 heavy (non-hydrogen) atoms. The average Bonchev–Trinajstić information content (AvgIpc) is 2.91. The number of anilines is 2. The maximum Gasteiger partial charge on any atom is 0.200 e. The number of benzene rings is 1. The molecule has 0 unspecified atom stereocenters. The molecule has 0 aliphatic heterocycles. The van der Waals surface area contributed by atoms with Crippen molar-refractivity contribution >= 4 is 29.0 Å². The third kappa shape index (κ3) is 2.80. The lowest BCUT2D eigenvalue weighted by molar-refractivity contribution is 0.835. The van der Waals surface area contributed by atoms with Gasteiger partial charge in [0.1, 0.15) is 0 Å². The van der Waals surface area contributed by atoms with Crippen LogP contribution in [0.15, 0.2) is 24.3 Å². The molecule has 0 aliphatic rings. The molecule has 0 saturated carbocycles. The molecular weight excluding hydrogens is 320 g/mol. The van der Waals surface area contributed by atoms with Crippen molar-refractivity contribution in [3.63, 3.8) is 0 Å². The number of aryl methyl sites for hydroxylation is 2. The third-order valence-electron chi connectivity index (χ3n) is 3.96. The van der Waals surface area contributed by atoms with Crippen LogP contribution in [0, 0.1) is 13.8 Å². The topological polar surface area (TPSA) is 72.3 Å². The third-order valence-corrected chi connectivity index (χ3v) is 4.97. The van der Waals surface area contributed by atoms with Gasteiger partial charge in [0.25, 0.3) is 0 Å². The van der Waals surface area contributed by atoms with Crippen LogP contribution in [0.3, 0.4) is 0 Å². The van der Waals surface area contributed by atoms with Crippen molar-refractivity contribution in [2.45, 2.75) is 33.7 Å². The van der Waals surface area contributed by atoms with Crippen molar-refractivity contribution in [2.75, 3.05) is 16.3 Å². The van der Waals surface area contributed by atoms with E-state index in [0.717, 1.165) is 17.1 Å². The molecule has 2 N–H and O–H groups in total. The van der Waals surface area contributed by atoms with E-state index in [1.165, 1.54) is 11.3 Å². The van der Waals surface area contributed by atoms with Crippen LogP contribution in [0.25, 0.3) is 16.9 Å². The van der Waals surface area contributed by atoms with Gasteiger partial charge in [-0.1, -0.05) is 24.1 Å². The first-order chi connectivity index (χ1) is 11.4. The Morgan fingerprint density at radius 2 is 1.92 bits per heavy atom. The van der Waals surface area contributed by atoms with Gasteiger partial charge in [-0.25, -0.2) is 0 Å². The molecule has 0 aliphatic carbocycles. The Hall–Kier alpha value is -2.28. The highest BCUT2D eigenvalue weighted by Crippen LogP contribution is 2.32. The normalized spacial score (nSPS) is 11.4. The van der Waals surface area contributed by atoms with Crippen LogP contribution in [0.4, 0.5) is 11.4 Å². The largest absolute Gasteiger partial charge is 0.396 e. The lowest BCUT2D eigenvalue weighted by Crippen LogP contribution is -2.23. The molecule has 126 valence electrons. The predicted octanol–water partition coefficient (Wildman–Crippen LogP) is 3.48. The van der Waals surface area contributed by atoms with Gasteiger partial charge in [0, 0.05) is 17.9 Å². The Labute approximate surface area is 146 Å². The van der Waals surface area contributed by atoms with E-state index in [9.17, 15) is 0 Å². The van der Waals surface area contributed by atoms with Crippen LogP contribution in [0.2, 0.25) is 0 Å². The fraction of sp³-hybridized carbons (Fsp3) is 0.353. The van der Waals surface area contributed by atoms with Crippen LogP contribution < -0.4 is 10.0 Å². The smallest absolute Gasteiger partial charge is 0.200 e. The molecule has 7 heteroatoms. The summed E-state index contributed by atoms with van der Waals surface area (Å²) < 4.78 is 3.99. The zero-order valence-electron chi connectivity index (χ0n) is 14.6. The summed E-state index contributed by atoms with van der Waals surface area (Å²) in [6, 6.07) is 8.62. The van der Waals surface area contributed by atoms with Gasteiger partial charge in [0.05, 0.1) is 17.1 Å². The minimum Gasteiger partial charge on any atom is -0.396 e. The van der Waals surface area contributed by atoms with Crippen LogP contribution >= 0.6 is 11.9 Å². The lowest BCUT2D eigenvalue weighted by Gasteiger charge is -2.28. The second-order valence-corrected chi connectivity index (χ2v) is 6.83. The zero-order valence-corrected chi connectivity index (χ0v) is 15.4. The second kappa shape index (κ2) is 6.32. The molecule has 0 radical (unpaired) electrons. The molecule has 0 saturated heterocycles. The van der Waals surface area contributed by atoms with E-state index in [0.29, 0.717) is 17.4 Å². The van der Waals surface area contributed by atoms with Crippen molar-refractivity contribution in [3.05, 3.63) is 35.7 Å². The molecule has 0 bridgehead atoms. The summed E-state index contributed by atoms with van der Waals surface area (Å²) in [4.78, 5) is 0. The van der Waals surface area contributed by atoms with Gasteiger partial charge in [0.15, 0.2) is 5.82 Å². The highest BCUT2D eigenvalue weighted by Gasteiger charge is 2.15. The number of nitrogen functional groups attached to an aromatic ring is 1. The number of hydrogen-bond acceptors (Lipinski definition) is 6. The van der Waals surface area contributed by atoms with Crippen molar-refractivity contribution in [1.82, 2.24) is 19.8 Å². The molecule has 1 aromatic carbocycles. The van der Waals surface area contributed by atoms with E-state index in [1.807, 2.05) is 13.0 Å². The number of hydrogen-bond donors (Lipinski definition) is 1. The van der Waals surface area contributed by atoms with Crippen molar-refractivity contribution in [1.29, 1.82) is 0 Å². The van der Waals surface area contributed by atoms with Crippen molar-refractivity contribution in [3.8, 4) is 11.3 Å². The molecular formula is C17H22N6S. The average molecular weight is 342 g/mol. The summed E-state index contributed by atoms with van der Waals surface area (Å²) in [6.45, 7) is 8.36. The number of nitrogens with zero attached hydrogens (tertiary/aromatic N) is 5. The van der Waals surface area contributed by atoms with Gasteiger partial charge in [-0.2, -0.15) is 9.61 Å². The van der Waals surface area contributed by atoms with Crippen LogP contribution in [0.5, 0.6) is 0 Å². The van der Waals surface area contributed by atoms with Gasteiger partial charge in [-0.15, -0.1) is 10.2 Å². The molecule has 2 aromatic heterocycles. The van der Waals surface area contributed by atoms with Crippen molar-refractivity contribution < 1.29 is 0 Å². The van der Waals surface area contributed by atoms with Crippen molar-refractivity contribution in [2.24, 2.45) is 0 Å². The fourth-order valence-corrected chi connectivity index (χ4v) is 3.56. The second-order valence-electron chi connectivity index (χ2n) is 6.07. The Morgan fingerprint density at radius 3 is 2.58 bits per heavy atom. The van der Waals surface area contributed by atoms with E-state index in [-0.39, 0.29) is 0 Å². The number of fused-ring (bicyclic) bond motifs is 1. The Kier molecular flexibility index (Phi) is 4.36. The molecule has 3 rings (SSSR count). The van der Waals surface area contributed by atoms with Crippen LogP contribution in [-0.4, -0.2) is 32.1 Å². The van der Waals surface area contributed by atoms with Crippen LogP contribution in [-0.2, 0) is 0 Å². The Bertz CT molecular complexity index is 886. The number of nitrogens with two attached hydrogens (primary N) is 1. The Morgan fingerprint density at radius 1 is 1.17 bits per heavy atom. The van der Waals surface area contributed by atoms with E-state index in [2.05, 4.69) is 64.8 Å². The maximum atomic E-state index is 6.13. The first-order valence-electron chi connectivity index (χ1n) is 7.85. The molecule has 0 atom stereocenters. The SMILES string of the molecule is CSN(c1cc(-c2cc(N)c3nnc(C)n3n2)ccc1C)C(C)C. The number of rotatable bonds is 4. The molecule has 3 aromatic rings. The van der Waals surface area contributed by atoms with Gasteiger partial charge in [0.2, 0.25) is 5.65 Å². The highest BCUT2D eigenvalue weighted by molar-refractivity contribution is 8.00. The zero-order chi connectivity index (χ0) is 17.4. The number of aromatic nitrogens is 4. The minimum atomic E-state index is 0.398. The fourth-order valence-electron chi connectivity index (χ4n) is 2.74. The molecule has 6 nitrogen and oxygen atoms in total. The van der Waals surface area contributed by atoms with E-state index in [1.54, 1.807) is 16.5 Å². The first-order valence-corrected chi connectivity index (χ1v) is 9.03. The minimum absolute atomic E-state index is 0.398. The first kappa shape index (κ1) is 16.6. The van der Waals surface area contributed by atoms with E-state index < -0.39 is 0 Å². The highest BCUT2D eigenvalue weighted by atomic mass is 32.2. The van der Waals surface area contributed by atoms with Gasteiger partial charge in [-0.3, -0.25) is 0 Å². The van der Waals surface area contributed by atoms with E-state index >= 15 is 0 Å². The van der Waals surface area contributed by atoms with Gasteiger partial charge < -0.3 is 10.0 Å². The molecule has 0 amide bonds.